The first-order chi connectivity index (χ1) is 11.9. The zero-order valence-electron chi connectivity index (χ0n) is 14.1. The van der Waals surface area contributed by atoms with Crippen molar-refractivity contribution in [1.29, 1.82) is 0 Å². The molecule has 0 amide bonds. The molecule has 2 rings (SSSR count). The Morgan fingerprint density at radius 3 is 2.48 bits per heavy atom. The Labute approximate surface area is 149 Å². The number of allylic oxidation sites excluding steroid dienone is 2. The van der Waals surface area contributed by atoms with E-state index in [4.69, 9.17) is 21.1 Å². The molecule has 0 saturated carbocycles. The smallest absolute Gasteiger partial charge is 0.336 e. The number of pyridine rings is 1. The predicted molar refractivity (Wildman–Crippen MR) is 89.2 cm³/mol. The van der Waals surface area contributed by atoms with Crippen molar-refractivity contribution in [2.75, 3.05) is 19.6 Å². The van der Waals surface area contributed by atoms with Crippen molar-refractivity contribution in [3.63, 3.8) is 0 Å². The molecule has 1 aliphatic rings. The molecule has 0 aliphatic carbocycles. The van der Waals surface area contributed by atoms with Crippen LogP contribution in [0.5, 0.6) is 0 Å². The number of esters is 2. The van der Waals surface area contributed by atoms with Crippen molar-refractivity contribution in [1.82, 2.24) is 10.3 Å². The van der Waals surface area contributed by atoms with E-state index in [1.807, 2.05) is 0 Å². The Morgan fingerprint density at radius 1 is 1.28 bits per heavy atom. The van der Waals surface area contributed by atoms with Gasteiger partial charge in [-0.15, -0.1) is 11.6 Å². The second kappa shape index (κ2) is 8.11. The molecule has 1 atom stereocenters. The highest BCUT2D eigenvalue weighted by molar-refractivity contribution is 6.18. The van der Waals surface area contributed by atoms with Gasteiger partial charge in [-0.2, -0.15) is 4.39 Å². The minimum atomic E-state index is -0.839. The summed E-state index contributed by atoms with van der Waals surface area (Å²) >= 11 is 5.57. The Bertz CT molecular complexity index is 761. The van der Waals surface area contributed by atoms with E-state index in [1.165, 1.54) is 25.4 Å². The number of rotatable bonds is 5. The van der Waals surface area contributed by atoms with Gasteiger partial charge in [-0.05, 0) is 31.5 Å². The lowest BCUT2D eigenvalue weighted by atomic mass is 9.80. The quantitative estimate of drug-likeness (QED) is 0.488. The summed E-state index contributed by atoms with van der Waals surface area (Å²) in [5.41, 5.74) is 1.82. The first-order valence-corrected chi connectivity index (χ1v) is 8.05. The Hall–Kier alpha value is -2.41. The van der Waals surface area contributed by atoms with Crippen LogP contribution in [-0.4, -0.2) is 36.5 Å². The van der Waals surface area contributed by atoms with Crippen molar-refractivity contribution in [2.45, 2.75) is 19.8 Å². The molecular formula is C17H18ClFN2O4. The Kier molecular flexibility index (Phi) is 6.14. The summed E-state index contributed by atoms with van der Waals surface area (Å²) < 4.78 is 23.6. The first-order valence-electron chi connectivity index (χ1n) is 7.52. The number of aromatic nitrogens is 1. The van der Waals surface area contributed by atoms with E-state index in [0.717, 1.165) is 0 Å². The number of hydrogen-bond acceptors (Lipinski definition) is 6. The number of dihydropyridines is 1. The maximum Gasteiger partial charge on any atom is 0.336 e. The predicted octanol–water partition coefficient (Wildman–Crippen LogP) is 2.41. The van der Waals surface area contributed by atoms with Gasteiger partial charge in [-0.3, -0.25) is 0 Å². The van der Waals surface area contributed by atoms with Crippen LogP contribution in [-0.2, 0) is 19.1 Å². The number of carbonyl (C=O) groups is 2. The molecule has 0 aromatic carbocycles. The molecule has 134 valence electrons. The highest BCUT2D eigenvalue weighted by atomic mass is 35.5. The molecule has 0 bridgehead atoms. The fourth-order valence-electron chi connectivity index (χ4n) is 2.78. The van der Waals surface area contributed by atoms with E-state index in [1.54, 1.807) is 13.8 Å². The molecule has 0 radical (unpaired) electrons. The van der Waals surface area contributed by atoms with Gasteiger partial charge in [0.15, 0.2) is 0 Å². The maximum atomic E-state index is 13.6. The summed E-state index contributed by atoms with van der Waals surface area (Å²) in [6, 6.07) is 2.71. The number of alkyl halides is 1. The lowest BCUT2D eigenvalue weighted by Crippen LogP contribution is -2.32. The minimum absolute atomic E-state index is 0.0187. The maximum absolute atomic E-state index is 13.6. The number of halogens is 2. The van der Waals surface area contributed by atoms with Crippen LogP contribution in [0, 0.1) is 5.95 Å². The van der Waals surface area contributed by atoms with E-state index in [9.17, 15) is 14.0 Å². The lowest BCUT2D eigenvalue weighted by Gasteiger charge is -2.30. The molecule has 8 heteroatoms. The van der Waals surface area contributed by atoms with E-state index in [2.05, 4.69) is 10.3 Å². The van der Waals surface area contributed by atoms with Crippen LogP contribution in [0.25, 0.3) is 0 Å². The second-order valence-corrected chi connectivity index (χ2v) is 5.74. The van der Waals surface area contributed by atoms with E-state index >= 15 is 0 Å². The number of methoxy groups -OCH3 is 1. The van der Waals surface area contributed by atoms with Crippen LogP contribution in [0.2, 0.25) is 0 Å². The highest BCUT2D eigenvalue weighted by Gasteiger charge is 2.37. The molecule has 0 saturated heterocycles. The van der Waals surface area contributed by atoms with Gasteiger partial charge in [0.2, 0.25) is 5.95 Å². The molecular weight excluding hydrogens is 351 g/mol. The van der Waals surface area contributed by atoms with Crippen molar-refractivity contribution < 1.29 is 23.5 Å². The van der Waals surface area contributed by atoms with Crippen LogP contribution in [0.4, 0.5) is 4.39 Å². The van der Waals surface area contributed by atoms with Gasteiger partial charge in [-0.25, -0.2) is 14.6 Å². The van der Waals surface area contributed by atoms with Gasteiger partial charge in [-0.1, -0.05) is 0 Å². The molecule has 1 aromatic heterocycles. The number of hydrogen-bond donors (Lipinski definition) is 1. The fraction of sp³-hybridized carbons (Fsp3) is 0.353. The number of nitrogens with zero attached hydrogens (tertiary/aromatic N) is 1. The molecule has 1 N–H and O–H groups in total. The highest BCUT2D eigenvalue weighted by Crippen LogP contribution is 2.39. The monoisotopic (exact) mass is 368 g/mol. The van der Waals surface area contributed by atoms with Gasteiger partial charge in [0, 0.05) is 17.6 Å². The van der Waals surface area contributed by atoms with Gasteiger partial charge < -0.3 is 14.8 Å². The van der Waals surface area contributed by atoms with E-state index in [0.29, 0.717) is 17.0 Å². The van der Waals surface area contributed by atoms with Crippen molar-refractivity contribution in [2.24, 2.45) is 0 Å². The van der Waals surface area contributed by atoms with Crippen LogP contribution in [0.15, 0.2) is 40.9 Å². The summed E-state index contributed by atoms with van der Waals surface area (Å²) in [6.45, 7) is 3.38. The van der Waals surface area contributed by atoms with Gasteiger partial charge in [0.25, 0.3) is 0 Å². The average Bonchev–Trinajstić information content (AvgIpc) is 2.58. The molecule has 0 spiro atoms. The minimum Gasteiger partial charge on any atom is -0.466 e. The third kappa shape index (κ3) is 3.99. The molecule has 1 aromatic rings. The summed E-state index contributed by atoms with van der Waals surface area (Å²) in [5, 5.41) is 2.98. The number of carbonyl (C=O) groups excluding carboxylic acids is 2. The number of ether oxygens (including phenoxy) is 2. The summed E-state index contributed by atoms with van der Waals surface area (Å²) in [4.78, 5) is 28.4. The Balaban J connectivity index is 2.61. The average molecular weight is 369 g/mol. The van der Waals surface area contributed by atoms with Crippen molar-refractivity contribution >= 4 is 23.5 Å². The SMILES string of the molecule is COC(=O)C1=C(C)NC(C)=C(C(=O)OCCCl)C1c1ccnc(F)c1. The second-order valence-electron chi connectivity index (χ2n) is 5.36. The summed E-state index contributed by atoms with van der Waals surface area (Å²) in [5.74, 6) is -2.68. The standard InChI is InChI=1S/C17H18ClFN2O4/c1-9-13(16(22)24-3)15(11-4-6-20-12(19)8-11)14(10(2)21-9)17(23)25-7-5-18/h4,6,8,15,21H,5,7H2,1-3H3. The zero-order valence-corrected chi connectivity index (χ0v) is 14.8. The summed E-state index contributed by atoms with van der Waals surface area (Å²) in [7, 11) is 1.24. The molecule has 2 heterocycles. The number of nitrogens with one attached hydrogen (secondary N) is 1. The van der Waals surface area contributed by atoms with Crippen LogP contribution >= 0.6 is 11.6 Å². The molecule has 6 nitrogen and oxygen atoms in total. The third-order valence-electron chi connectivity index (χ3n) is 3.78. The molecule has 1 aliphatic heterocycles. The van der Waals surface area contributed by atoms with Crippen LogP contribution in [0.3, 0.4) is 0 Å². The van der Waals surface area contributed by atoms with Gasteiger partial charge in [0.1, 0.15) is 6.61 Å². The van der Waals surface area contributed by atoms with E-state index < -0.39 is 23.8 Å². The largest absolute Gasteiger partial charge is 0.466 e. The van der Waals surface area contributed by atoms with Crippen LogP contribution in [0.1, 0.15) is 25.3 Å². The Morgan fingerprint density at radius 2 is 1.92 bits per heavy atom. The third-order valence-corrected chi connectivity index (χ3v) is 3.93. The topological polar surface area (TPSA) is 77.5 Å². The normalized spacial score (nSPS) is 17.2. The van der Waals surface area contributed by atoms with Gasteiger partial charge in [0.05, 0.1) is 30.1 Å². The van der Waals surface area contributed by atoms with Crippen molar-refractivity contribution in [3.8, 4) is 0 Å². The lowest BCUT2D eigenvalue weighted by molar-refractivity contribution is -0.139. The molecule has 25 heavy (non-hydrogen) atoms. The zero-order chi connectivity index (χ0) is 18.6. The van der Waals surface area contributed by atoms with Crippen LogP contribution < -0.4 is 5.32 Å². The van der Waals surface area contributed by atoms with E-state index in [-0.39, 0.29) is 23.6 Å². The van der Waals surface area contributed by atoms with Gasteiger partial charge >= 0.3 is 11.9 Å². The first kappa shape index (κ1) is 18.9. The molecule has 1 unspecified atom stereocenters. The van der Waals surface area contributed by atoms with Crippen molar-refractivity contribution in [3.05, 3.63) is 52.4 Å². The molecule has 0 fully saturated rings. The summed E-state index contributed by atoms with van der Waals surface area (Å²) in [6.07, 6.45) is 1.27. The fourth-order valence-corrected chi connectivity index (χ4v) is 2.86.